The molecule has 1 nitrogen and oxygen atoms in total. The summed E-state index contributed by atoms with van der Waals surface area (Å²) < 4.78 is 3.71. The van der Waals surface area contributed by atoms with E-state index in [0.717, 1.165) is 12.0 Å². The molecule has 1 aromatic rings. The summed E-state index contributed by atoms with van der Waals surface area (Å²) >= 11 is 5.62. The molecule has 1 aromatic carbocycles. The zero-order chi connectivity index (χ0) is 12.1. The molecule has 1 aliphatic heterocycles. The van der Waals surface area contributed by atoms with Gasteiger partial charge in [-0.25, -0.2) is 4.40 Å². The molecule has 0 saturated carbocycles. The third kappa shape index (κ3) is 3.27. The van der Waals surface area contributed by atoms with Crippen molar-refractivity contribution in [3.05, 3.63) is 53.0 Å². The van der Waals surface area contributed by atoms with E-state index in [9.17, 15) is 0 Å². The highest BCUT2D eigenvalue weighted by Crippen LogP contribution is 2.34. The molecule has 0 fully saturated rings. The molecule has 0 bridgehead atoms. The van der Waals surface area contributed by atoms with Crippen molar-refractivity contribution in [2.75, 3.05) is 0 Å². The second-order valence-electron chi connectivity index (χ2n) is 3.92. The van der Waals surface area contributed by atoms with Crippen LogP contribution in [-0.4, -0.2) is 6.21 Å². The van der Waals surface area contributed by atoms with E-state index >= 15 is 0 Å². The second kappa shape index (κ2) is 6.12. The molecule has 88 valence electrons. The number of allylic oxidation sites excluding steroid dienone is 2. The Bertz CT molecular complexity index is 458. The first-order valence-electron chi connectivity index (χ1n) is 5.66. The third-order valence-electron chi connectivity index (χ3n) is 2.76. The predicted octanol–water partition coefficient (Wildman–Crippen LogP) is 4.58. The molecule has 0 radical (unpaired) electrons. The van der Waals surface area contributed by atoms with Crippen molar-refractivity contribution < 1.29 is 0 Å². The molecular weight excluding hydrogens is 246 g/mol. The molecule has 2 rings (SSSR count). The van der Waals surface area contributed by atoms with Gasteiger partial charge >= 0.3 is 0 Å². The van der Waals surface area contributed by atoms with E-state index in [2.05, 4.69) is 66.0 Å². The molecule has 0 aromatic heterocycles. The van der Waals surface area contributed by atoms with E-state index in [4.69, 9.17) is 0 Å². The monoisotopic (exact) mass is 261 g/mol. The van der Waals surface area contributed by atoms with Gasteiger partial charge in [-0.2, -0.15) is 0 Å². The lowest BCUT2D eigenvalue weighted by Gasteiger charge is -2.14. The van der Waals surface area contributed by atoms with Gasteiger partial charge in [0, 0.05) is 11.1 Å². The quantitative estimate of drug-likeness (QED) is 0.620. The van der Waals surface area contributed by atoms with Gasteiger partial charge in [0.25, 0.3) is 0 Å². The number of nitrogens with zero attached hydrogens (tertiary/aromatic N) is 1. The van der Waals surface area contributed by atoms with E-state index in [-0.39, 0.29) is 0 Å². The van der Waals surface area contributed by atoms with Crippen molar-refractivity contribution in [3.8, 4) is 0 Å². The van der Waals surface area contributed by atoms with Crippen LogP contribution in [0.4, 0.5) is 0 Å². The van der Waals surface area contributed by atoms with E-state index in [1.807, 2.05) is 0 Å². The summed E-state index contributed by atoms with van der Waals surface area (Å²) in [5, 5.41) is 2.19. The first-order valence-corrected chi connectivity index (χ1v) is 6.94. The Kier molecular flexibility index (Phi) is 4.51. The van der Waals surface area contributed by atoms with Gasteiger partial charge in [-0.3, -0.25) is 0 Å². The van der Waals surface area contributed by atoms with Crippen LogP contribution in [0.3, 0.4) is 0 Å². The molecule has 1 unspecified atom stereocenters. The van der Waals surface area contributed by atoms with Gasteiger partial charge < -0.3 is 0 Å². The molecule has 1 heterocycles. The smallest absolute Gasteiger partial charge is 0.0420 e. The van der Waals surface area contributed by atoms with Crippen LogP contribution in [0.25, 0.3) is 4.91 Å². The Morgan fingerprint density at radius 3 is 2.76 bits per heavy atom. The number of thioether (sulfide) groups is 1. The summed E-state index contributed by atoms with van der Waals surface area (Å²) in [6, 6.07) is 8.40. The van der Waals surface area contributed by atoms with Crippen molar-refractivity contribution in [1.29, 1.82) is 0 Å². The Balaban J connectivity index is 2.20. The van der Waals surface area contributed by atoms with Crippen LogP contribution >= 0.6 is 24.6 Å². The summed E-state index contributed by atoms with van der Waals surface area (Å²) in [6.07, 6.45) is 7.50. The zero-order valence-corrected chi connectivity index (χ0v) is 11.4. The number of hydrogen-bond donors (Lipinski definition) is 1. The first kappa shape index (κ1) is 12.5. The molecular formula is C14H15NS2. The Morgan fingerprint density at radius 1 is 1.35 bits per heavy atom. The molecule has 0 saturated heterocycles. The van der Waals surface area contributed by atoms with Crippen LogP contribution in [0.1, 0.15) is 24.5 Å². The molecule has 1 atom stereocenters. The third-order valence-corrected chi connectivity index (χ3v) is 3.79. The average molecular weight is 261 g/mol. The standard InChI is InChI=1S/C14H15NS2/c1-2-11-7-8-17-14(9-11)13-5-3-12(4-6-13)10-15-16/h3-11,16H,2H2,1H3/b15-10+. The molecule has 3 heteroatoms. The lowest BCUT2D eigenvalue weighted by atomic mass is 10.0. The topological polar surface area (TPSA) is 12.4 Å². The van der Waals surface area contributed by atoms with E-state index < -0.39 is 0 Å². The molecule has 1 aliphatic rings. The molecule has 0 amide bonds. The van der Waals surface area contributed by atoms with Crippen molar-refractivity contribution in [2.45, 2.75) is 13.3 Å². The van der Waals surface area contributed by atoms with E-state index in [1.54, 1.807) is 18.0 Å². The van der Waals surface area contributed by atoms with Crippen LogP contribution < -0.4 is 0 Å². The minimum Gasteiger partial charge on any atom is -0.227 e. The van der Waals surface area contributed by atoms with Gasteiger partial charge in [0.1, 0.15) is 0 Å². The van der Waals surface area contributed by atoms with Gasteiger partial charge in [0.05, 0.1) is 0 Å². The maximum absolute atomic E-state index is 3.83. The summed E-state index contributed by atoms with van der Waals surface area (Å²) in [6.45, 7) is 2.21. The Labute approximate surface area is 112 Å². The van der Waals surface area contributed by atoms with Crippen molar-refractivity contribution >= 4 is 35.7 Å². The fourth-order valence-corrected chi connectivity index (χ4v) is 2.81. The van der Waals surface area contributed by atoms with Crippen LogP contribution in [-0.2, 0) is 0 Å². The summed E-state index contributed by atoms with van der Waals surface area (Å²) in [5.74, 6) is 0.574. The summed E-state index contributed by atoms with van der Waals surface area (Å²) in [7, 11) is 0. The average Bonchev–Trinajstić information content (AvgIpc) is 2.40. The fraction of sp³-hybridized carbons (Fsp3) is 0.214. The Hall–Kier alpha value is -0.930. The van der Waals surface area contributed by atoms with Crippen molar-refractivity contribution in [2.24, 2.45) is 10.3 Å². The molecule has 0 aliphatic carbocycles. The minimum atomic E-state index is 0.574. The van der Waals surface area contributed by atoms with Gasteiger partial charge in [-0.05, 0) is 41.7 Å². The summed E-state index contributed by atoms with van der Waals surface area (Å²) in [5.41, 5.74) is 2.35. The SMILES string of the molecule is CCC1C=CSC(c2ccc(/C=N/S)cc2)=C1. The van der Waals surface area contributed by atoms with Gasteiger partial charge in [-0.1, -0.05) is 55.1 Å². The van der Waals surface area contributed by atoms with E-state index in [1.165, 1.54) is 10.5 Å². The van der Waals surface area contributed by atoms with Gasteiger partial charge in [0.2, 0.25) is 0 Å². The van der Waals surface area contributed by atoms with Crippen molar-refractivity contribution in [1.82, 2.24) is 0 Å². The highest BCUT2D eigenvalue weighted by molar-refractivity contribution is 8.11. The van der Waals surface area contributed by atoms with Crippen LogP contribution in [0, 0.1) is 5.92 Å². The summed E-state index contributed by atoms with van der Waals surface area (Å²) in [4.78, 5) is 1.34. The molecule has 0 N–H and O–H groups in total. The van der Waals surface area contributed by atoms with Crippen molar-refractivity contribution in [3.63, 3.8) is 0 Å². The fourth-order valence-electron chi connectivity index (χ4n) is 1.72. The number of thiol groups is 1. The zero-order valence-electron chi connectivity index (χ0n) is 9.71. The van der Waals surface area contributed by atoms with Crippen LogP contribution in [0.2, 0.25) is 0 Å². The first-order chi connectivity index (χ1) is 8.33. The largest absolute Gasteiger partial charge is 0.227 e. The van der Waals surface area contributed by atoms with Crippen LogP contribution in [0.15, 0.2) is 46.2 Å². The molecule has 17 heavy (non-hydrogen) atoms. The van der Waals surface area contributed by atoms with Gasteiger partial charge in [-0.15, -0.1) is 0 Å². The molecule has 0 spiro atoms. The van der Waals surface area contributed by atoms with E-state index in [0.29, 0.717) is 5.92 Å². The lowest BCUT2D eigenvalue weighted by Crippen LogP contribution is -1.94. The number of rotatable bonds is 3. The normalized spacial score (nSPS) is 19.6. The maximum Gasteiger partial charge on any atom is 0.0420 e. The minimum absolute atomic E-state index is 0.574. The maximum atomic E-state index is 3.83. The lowest BCUT2D eigenvalue weighted by molar-refractivity contribution is 0.777. The van der Waals surface area contributed by atoms with Crippen LogP contribution in [0.5, 0.6) is 0 Å². The highest BCUT2D eigenvalue weighted by Gasteiger charge is 2.08. The van der Waals surface area contributed by atoms with Gasteiger partial charge in [0.15, 0.2) is 0 Å². The Morgan fingerprint density at radius 2 is 2.12 bits per heavy atom. The predicted molar refractivity (Wildman–Crippen MR) is 81.5 cm³/mol. The highest BCUT2D eigenvalue weighted by atomic mass is 32.2. The number of benzene rings is 1. The second-order valence-corrected chi connectivity index (χ2v) is 5.09. The number of hydrogen-bond acceptors (Lipinski definition) is 3.